The Hall–Kier alpha value is -0.470. The maximum Gasteiger partial charge on any atom is 0.174 e. The van der Waals surface area contributed by atoms with Crippen LogP contribution >= 0.6 is 23.4 Å². The number of Topliss-reactive ketones (excluding diaryl/α,β-unsaturated/α-hetero) is 1. The van der Waals surface area contributed by atoms with Crippen LogP contribution in [0.5, 0.6) is 0 Å². The van der Waals surface area contributed by atoms with Crippen molar-refractivity contribution in [3.63, 3.8) is 0 Å². The van der Waals surface area contributed by atoms with E-state index in [4.69, 9.17) is 11.6 Å². The van der Waals surface area contributed by atoms with Gasteiger partial charge in [-0.3, -0.25) is 4.79 Å². The van der Waals surface area contributed by atoms with Gasteiger partial charge in [0.15, 0.2) is 5.78 Å². The molecule has 0 aromatic heterocycles. The van der Waals surface area contributed by atoms with E-state index in [9.17, 15) is 4.79 Å². The van der Waals surface area contributed by atoms with Gasteiger partial charge in [0.1, 0.15) is 0 Å². The molecule has 0 amide bonds. The molecule has 0 saturated heterocycles. The summed E-state index contributed by atoms with van der Waals surface area (Å²) < 4.78 is 0. The zero-order chi connectivity index (χ0) is 11.3. The van der Waals surface area contributed by atoms with E-state index >= 15 is 0 Å². The minimum Gasteiger partial charge on any atom is -0.293 e. The first-order valence-corrected chi connectivity index (χ1v) is 6.55. The smallest absolute Gasteiger partial charge is 0.174 e. The van der Waals surface area contributed by atoms with Gasteiger partial charge in [-0.2, -0.15) is 11.8 Å². The van der Waals surface area contributed by atoms with Crippen molar-refractivity contribution in [2.75, 3.05) is 11.5 Å². The molecule has 1 aromatic carbocycles. The average Bonchev–Trinajstić information content (AvgIpc) is 2.22. The lowest BCUT2D eigenvalue weighted by Crippen LogP contribution is -2.04. The highest BCUT2D eigenvalue weighted by Gasteiger charge is 2.09. The van der Waals surface area contributed by atoms with Crippen molar-refractivity contribution in [1.82, 2.24) is 0 Å². The van der Waals surface area contributed by atoms with Crippen LogP contribution in [0, 0.1) is 6.92 Å². The van der Waals surface area contributed by atoms with Crippen LogP contribution in [-0.2, 0) is 0 Å². The van der Waals surface area contributed by atoms with Gasteiger partial charge in [-0.1, -0.05) is 30.2 Å². The number of thioether (sulfide) groups is 1. The predicted octanol–water partition coefficient (Wildman–Crippen LogP) is 3.97. The summed E-state index contributed by atoms with van der Waals surface area (Å²) in [5.74, 6) is 1.67. The van der Waals surface area contributed by atoms with Gasteiger partial charge in [-0.05, 0) is 31.2 Å². The quantitative estimate of drug-likeness (QED) is 0.574. The Labute approximate surface area is 100 Å². The van der Waals surface area contributed by atoms with E-state index in [-0.39, 0.29) is 5.78 Å². The Kier molecular flexibility index (Phi) is 5.20. The zero-order valence-electron chi connectivity index (χ0n) is 9.05. The molecule has 0 unspecified atom stereocenters. The number of aryl methyl sites for hydroxylation is 1. The van der Waals surface area contributed by atoms with E-state index in [1.165, 1.54) is 0 Å². The summed E-state index contributed by atoms with van der Waals surface area (Å²) in [5, 5.41) is 0.558. The van der Waals surface area contributed by atoms with Crippen LogP contribution in [0.25, 0.3) is 0 Å². The monoisotopic (exact) mass is 242 g/mol. The second-order valence-electron chi connectivity index (χ2n) is 3.46. The maximum atomic E-state index is 11.8. The van der Waals surface area contributed by atoms with Gasteiger partial charge in [-0.15, -0.1) is 0 Å². The third kappa shape index (κ3) is 3.88. The summed E-state index contributed by atoms with van der Waals surface area (Å²) >= 11 is 7.64. The molecule has 0 heterocycles. The van der Waals surface area contributed by atoms with Crippen molar-refractivity contribution >= 4 is 29.1 Å². The molecular formula is C12H15ClOS. The lowest BCUT2D eigenvalue weighted by molar-refractivity contribution is 0.102. The number of benzene rings is 1. The molecule has 0 saturated carbocycles. The van der Waals surface area contributed by atoms with E-state index < -0.39 is 0 Å². The fourth-order valence-electron chi connectivity index (χ4n) is 1.24. The summed E-state index contributed by atoms with van der Waals surface area (Å²) in [4.78, 5) is 11.8. The highest BCUT2D eigenvalue weighted by molar-refractivity contribution is 7.99. The zero-order valence-corrected chi connectivity index (χ0v) is 10.6. The lowest BCUT2D eigenvalue weighted by atomic mass is 10.1. The molecule has 0 bridgehead atoms. The number of hydrogen-bond acceptors (Lipinski definition) is 2. The average molecular weight is 243 g/mol. The van der Waals surface area contributed by atoms with Gasteiger partial charge in [0.2, 0.25) is 0 Å². The number of carbonyl (C=O) groups excluding carboxylic acids is 1. The Morgan fingerprint density at radius 3 is 2.87 bits per heavy atom. The molecule has 1 nitrogen and oxygen atoms in total. The number of halogens is 1. The molecule has 0 aliphatic rings. The normalized spacial score (nSPS) is 10.3. The van der Waals surface area contributed by atoms with Crippen LogP contribution in [-0.4, -0.2) is 17.3 Å². The Morgan fingerprint density at radius 2 is 2.20 bits per heavy atom. The van der Waals surface area contributed by atoms with Crippen LogP contribution < -0.4 is 0 Å². The highest BCUT2D eigenvalue weighted by Crippen LogP contribution is 2.19. The summed E-state index contributed by atoms with van der Waals surface area (Å²) in [6.07, 6.45) is 1.10. The second kappa shape index (κ2) is 6.19. The van der Waals surface area contributed by atoms with Crippen molar-refractivity contribution in [1.29, 1.82) is 0 Å². The van der Waals surface area contributed by atoms with Crippen LogP contribution in [0.2, 0.25) is 5.02 Å². The summed E-state index contributed by atoms with van der Waals surface area (Å²) in [7, 11) is 0. The highest BCUT2D eigenvalue weighted by atomic mass is 35.5. The Morgan fingerprint density at radius 1 is 1.47 bits per heavy atom. The van der Waals surface area contributed by atoms with E-state index in [1.54, 1.807) is 17.8 Å². The molecular weight excluding hydrogens is 228 g/mol. The first-order chi connectivity index (χ1) is 7.15. The van der Waals surface area contributed by atoms with Crippen LogP contribution in [0.3, 0.4) is 0 Å². The summed E-state index contributed by atoms with van der Waals surface area (Å²) in [5.41, 5.74) is 1.73. The van der Waals surface area contributed by atoms with Crippen molar-refractivity contribution in [3.05, 3.63) is 34.3 Å². The minimum absolute atomic E-state index is 0.127. The number of carbonyl (C=O) groups is 1. The van der Waals surface area contributed by atoms with Gasteiger partial charge in [-0.25, -0.2) is 0 Å². The SMILES string of the molecule is CCCSCC(=O)c1cc(C)ccc1Cl. The molecule has 1 rings (SSSR count). The van der Waals surface area contributed by atoms with Gasteiger partial charge >= 0.3 is 0 Å². The second-order valence-corrected chi connectivity index (χ2v) is 4.97. The summed E-state index contributed by atoms with van der Waals surface area (Å²) in [6.45, 7) is 4.07. The molecule has 0 radical (unpaired) electrons. The van der Waals surface area contributed by atoms with Gasteiger partial charge in [0.05, 0.1) is 10.8 Å². The first kappa shape index (κ1) is 12.6. The van der Waals surface area contributed by atoms with Crippen LogP contribution in [0.1, 0.15) is 29.3 Å². The fourth-order valence-corrected chi connectivity index (χ4v) is 2.24. The predicted molar refractivity (Wildman–Crippen MR) is 68.1 cm³/mol. The van der Waals surface area contributed by atoms with Crippen LogP contribution in [0.15, 0.2) is 18.2 Å². The van der Waals surface area contributed by atoms with Crippen molar-refractivity contribution in [2.24, 2.45) is 0 Å². The molecule has 0 aliphatic heterocycles. The van der Waals surface area contributed by atoms with Crippen molar-refractivity contribution < 1.29 is 4.79 Å². The summed E-state index contributed by atoms with van der Waals surface area (Å²) in [6, 6.07) is 5.56. The molecule has 0 spiro atoms. The third-order valence-corrected chi connectivity index (χ3v) is 3.50. The topological polar surface area (TPSA) is 17.1 Å². The Bertz CT molecular complexity index is 349. The standard InChI is InChI=1S/C12H15ClOS/c1-3-6-15-8-12(14)10-7-9(2)4-5-11(10)13/h4-5,7H,3,6,8H2,1-2H3. The number of rotatable bonds is 5. The van der Waals surface area contributed by atoms with Crippen molar-refractivity contribution in [3.8, 4) is 0 Å². The molecule has 15 heavy (non-hydrogen) atoms. The molecule has 82 valence electrons. The van der Waals surface area contributed by atoms with E-state index in [2.05, 4.69) is 6.92 Å². The maximum absolute atomic E-state index is 11.8. The molecule has 0 N–H and O–H groups in total. The Balaban J connectivity index is 2.68. The third-order valence-electron chi connectivity index (χ3n) is 2.00. The van der Waals surface area contributed by atoms with Crippen molar-refractivity contribution in [2.45, 2.75) is 20.3 Å². The van der Waals surface area contributed by atoms with E-state index in [0.29, 0.717) is 16.3 Å². The minimum atomic E-state index is 0.127. The molecule has 0 atom stereocenters. The van der Waals surface area contributed by atoms with Gasteiger partial charge in [0, 0.05) is 5.56 Å². The molecule has 3 heteroatoms. The first-order valence-electron chi connectivity index (χ1n) is 5.02. The van der Waals surface area contributed by atoms with Gasteiger partial charge in [0.25, 0.3) is 0 Å². The van der Waals surface area contributed by atoms with E-state index in [0.717, 1.165) is 17.7 Å². The van der Waals surface area contributed by atoms with Crippen LogP contribution in [0.4, 0.5) is 0 Å². The lowest BCUT2D eigenvalue weighted by Gasteiger charge is -2.04. The number of hydrogen-bond donors (Lipinski definition) is 0. The van der Waals surface area contributed by atoms with Gasteiger partial charge < -0.3 is 0 Å². The molecule has 0 fully saturated rings. The largest absolute Gasteiger partial charge is 0.293 e. The molecule has 1 aromatic rings. The van der Waals surface area contributed by atoms with E-state index in [1.807, 2.05) is 19.1 Å². The fraction of sp³-hybridized carbons (Fsp3) is 0.417. The number of ketones is 1. The molecule has 0 aliphatic carbocycles.